The van der Waals surface area contributed by atoms with Gasteiger partial charge in [-0.2, -0.15) is 0 Å². The summed E-state index contributed by atoms with van der Waals surface area (Å²) < 4.78 is 5.01. The molecule has 0 saturated heterocycles. The van der Waals surface area contributed by atoms with Gasteiger partial charge in [-0.3, -0.25) is 0 Å². The maximum atomic E-state index is 11.0. The highest BCUT2D eigenvalue weighted by Crippen LogP contribution is 2.26. The molecule has 0 radical (unpaired) electrons. The van der Waals surface area contributed by atoms with Crippen molar-refractivity contribution in [2.24, 2.45) is 5.92 Å². The second kappa shape index (κ2) is 4.33. The zero-order chi connectivity index (χ0) is 8.97. The molecule has 1 saturated carbocycles. The van der Waals surface area contributed by atoms with Gasteiger partial charge in [0, 0.05) is 6.04 Å². The molecule has 70 valence electrons. The third-order valence-corrected chi connectivity index (χ3v) is 2.08. The van der Waals surface area contributed by atoms with E-state index in [0.717, 1.165) is 0 Å². The predicted molar refractivity (Wildman–Crippen MR) is 47.0 cm³/mol. The molecule has 0 aliphatic heterocycles. The van der Waals surface area contributed by atoms with E-state index in [2.05, 4.69) is 5.32 Å². The Morgan fingerprint density at radius 2 is 2.25 bits per heavy atom. The molecule has 0 atom stereocenters. The molecule has 12 heavy (non-hydrogen) atoms. The summed E-state index contributed by atoms with van der Waals surface area (Å²) in [4.78, 5) is 11.0. The number of alkyl carbamates (subject to hydrolysis) is 1. The number of amides is 1. The van der Waals surface area contributed by atoms with Crippen molar-refractivity contribution in [3.8, 4) is 0 Å². The van der Waals surface area contributed by atoms with E-state index in [1.807, 2.05) is 13.8 Å². The van der Waals surface area contributed by atoms with Crippen LogP contribution in [0.15, 0.2) is 0 Å². The Morgan fingerprint density at radius 1 is 1.58 bits per heavy atom. The summed E-state index contributed by atoms with van der Waals surface area (Å²) in [5.74, 6) is 0.628. The van der Waals surface area contributed by atoms with Gasteiger partial charge in [0.2, 0.25) is 0 Å². The summed E-state index contributed by atoms with van der Waals surface area (Å²) in [6.07, 6.45) is 3.45. The van der Waals surface area contributed by atoms with Crippen LogP contribution in [0.25, 0.3) is 0 Å². The minimum Gasteiger partial charge on any atom is -0.449 e. The van der Waals surface area contributed by atoms with Crippen molar-refractivity contribution in [3.63, 3.8) is 0 Å². The molecule has 0 aromatic carbocycles. The van der Waals surface area contributed by atoms with Gasteiger partial charge >= 0.3 is 6.09 Å². The van der Waals surface area contributed by atoms with Crippen molar-refractivity contribution in [2.45, 2.75) is 39.2 Å². The van der Waals surface area contributed by atoms with Gasteiger partial charge in [-0.1, -0.05) is 6.42 Å². The quantitative estimate of drug-likeness (QED) is 0.704. The molecular weight excluding hydrogens is 154 g/mol. The molecule has 1 rings (SSSR count). The third kappa shape index (κ3) is 3.11. The van der Waals surface area contributed by atoms with Crippen LogP contribution in [0, 0.1) is 5.92 Å². The summed E-state index contributed by atoms with van der Waals surface area (Å²) in [6, 6.07) is 0.166. The number of ether oxygens (including phenoxy) is 1. The lowest BCUT2D eigenvalue weighted by Gasteiger charge is -2.24. The van der Waals surface area contributed by atoms with Crippen LogP contribution in [0.1, 0.15) is 33.1 Å². The van der Waals surface area contributed by atoms with Gasteiger partial charge in [-0.25, -0.2) is 4.79 Å². The molecular formula is C9H17NO2. The Labute approximate surface area is 73.5 Å². The molecule has 1 N–H and O–H groups in total. The van der Waals surface area contributed by atoms with E-state index in [1.165, 1.54) is 19.3 Å². The Morgan fingerprint density at radius 3 is 2.67 bits per heavy atom. The van der Waals surface area contributed by atoms with Gasteiger partial charge in [0.1, 0.15) is 0 Å². The summed E-state index contributed by atoms with van der Waals surface area (Å²) in [5, 5.41) is 2.69. The smallest absolute Gasteiger partial charge is 0.407 e. The van der Waals surface area contributed by atoms with E-state index in [0.29, 0.717) is 12.5 Å². The van der Waals surface area contributed by atoms with Crippen molar-refractivity contribution < 1.29 is 9.53 Å². The molecule has 1 aliphatic rings. The summed E-state index contributed by atoms with van der Waals surface area (Å²) in [7, 11) is 0. The molecule has 1 fully saturated rings. The fraction of sp³-hybridized carbons (Fsp3) is 0.889. The van der Waals surface area contributed by atoms with Crippen molar-refractivity contribution in [3.05, 3.63) is 0 Å². The van der Waals surface area contributed by atoms with E-state index < -0.39 is 0 Å². The highest BCUT2D eigenvalue weighted by atomic mass is 16.5. The molecule has 0 unspecified atom stereocenters. The van der Waals surface area contributed by atoms with Crippen LogP contribution in [0.4, 0.5) is 4.79 Å². The topological polar surface area (TPSA) is 38.3 Å². The molecule has 0 heterocycles. The lowest BCUT2D eigenvalue weighted by Crippen LogP contribution is -2.32. The predicted octanol–water partition coefficient (Wildman–Crippen LogP) is 1.92. The van der Waals surface area contributed by atoms with Crippen LogP contribution in [-0.2, 0) is 4.74 Å². The number of carbonyl (C=O) groups is 1. The highest BCUT2D eigenvalue weighted by Gasteiger charge is 2.19. The van der Waals surface area contributed by atoms with Gasteiger partial charge in [0.25, 0.3) is 0 Å². The molecule has 3 nitrogen and oxygen atoms in total. The average Bonchev–Trinajstić information content (AvgIpc) is 1.81. The maximum absolute atomic E-state index is 11.0. The molecule has 0 spiro atoms. The van der Waals surface area contributed by atoms with E-state index in [9.17, 15) is 4.79 Å². The summed E-state index contributed by atoms with van der Waals surface area (Å²) in [6.45, 7) is 4.44. The minimum atomic E-state index is -0.281. The zero-order valence-electron chi connectivity index (χ0n) is 7.80. The zero-order valence-corrected chi connectivity index (χ0v) is 7.80. The van der Waals surface area contributed by atoms with Crippen LogP contribution < -0.4 is 5.32 Å². The number of carbonyl (C=O) groups excluding carboxylic acids is 1. The largest absolute Gasteiger partial charge is 0.449 e. The normalized spacial score (nSPS) is 17.2. The van der Waals surface area contributed by atoms with E-state index in [-0.39, 0.29) is 12.1 Å². The molecule has 3 heteroatoms. The number of hydrogen-bond acceptors (Lipinski definition) is 2. The molecule has 0 bridgehead atoms. The lowest BCUT2D eigenvalue weighted by atomic mass is 9.86. The van der Waals surface area contributed by atoms with Crippen LogP contribution in [0.2, 0.25) is 0 Å². The fourth-order valence-electron chi connectivity index (χ4n) is 1.13. The second-order valence-corrected chi connectivity index (χ2v) is 3.69. The van der Waals surface area contributed by atoms with Gasteiger partial charge in [0.05, 0.1) is 6.61 Å². The first-order valence-corrected chi connectivity index (χ1v) is 4.62. The van der Waals surface area contributed by atoms with Crippen LogP contribution in [-0.4, -0.2) is 18.7 Å². The Bertz CT molecular complexity index is 153. The fourth-order valence-corrected chi connectivity index (χ4v) is 1.13. The van der Waals surface area contributed by atoms with Crippen LogP contribution >= 0.6 is 0 Å². The number of hydrogen-bond donors (Lipinski definition) is 1. The van der Waals surface area contributed by atoms with E-state index in [4.69, 9.17) is 4.74 Å². The van der Waals surface area contributed by atoms with Gasteiger partial charge in [0.15, 0.2) is 0 Å². The summed E-state index contributed by atoms with van der Waals surface area (Å²) >= 11 is 0. The average molecular weight is 171 g/mol. The van der Waals surface area contributed by atoms with Gasteiger partial charge < -0.3 is 10.1 Å². The van der Waals surface area contributed by atoms with E-state index >= 15 is 0 Å². The van der Waals surface area contributed by atoms with Gasteiger partial charge in [-0.15, -0.1) is 0 Å². The molecule has 1 amide bonds. The van der Waals surface area contributed by atoms with Crippen LogP contribution in [0.5, 0.6) is 0 Å². The van der Waals surface area contributed by atoms with E-state index in [1.54, 1.807) is 0 Å². The molecule has 1 aliphatic carbocycles. The molecule has 0 aromatic heterocycles. The Hall–Kier alpha value is -0.730. The maximum Gasteiger partial charge on any atom is 0.407 e. The standard InChI is InChI=1S/C9H17NO2/c1-7(2)10-9(11)12-6-8-4-3-5-8/h7-8H,3-6H2,1-2H3,(H,10,11). The summed E-state index contributed by atoms with van der Waals surface area (Å²) in [5.41, 5.74) is 0. The second-order valence-electron chi connectivity index (χ2n) is 3.69. The van der Waals surface area contributed by atoms with Crippen molar-refractivity contribution >= 4 is 6.09 Å². The van der Waals surface area contributed by atoms with Crippen molar-refractivity contribution in [1.82, 2.24) is 5.32 Å². The first-order chi connectivity index (χ1) is 5.68. The first-order valence-electron chi connectivity index (χ1n) is 4.62. The third-order valence-electron chi connectivity index (χ3n) is 2.08. The Kier molecular flexibility index (Phi) is 3.38. The lowest BCUT2D eigenvalue weighted by molar-refractivity contribution is 0.102. The minimum absolute atomic E-state index is 0.166. The van der Waals surface area contributed by atoms with Crippen LogP contribution in [0.3, 0.4) is 0 Å². The van der Waals surface area contributed by atoms with Crippen molar-refractivity contribution in [1.29, 1.82) is 0 Å². The van der Waals surface area contributed by atoms with Gasteiger partial charge in [-0.05, 0) is 32.6 Å². The molecule has 0 aromatic rings. The Balaban J connectivity index is 2.01. The number of rotatable bonds is 3. The first kappa shape index (κ1) is 9.36. The monoisotopic (exact) mass is 171 g/mol. The SMILES string of the molecule is CC(C)NC(=O)OCC1CCC1. The number of nitrogens with one attached hydrogen (secondary N) is 1. The van der Waals surface area contributed by atoms with Crippen molar-refractivity contribution in [2.75, 3.05) is 6.61 Å². The highest BCUT2D eigenvalue weighted by molar-refractivity contribution is 5.67.